The Morgan fingerprint density at radius 3 is 2.50 bits per heavy atom. The first-order chi connectivity index (χ1) is 6.46. The highest BCUT2D eigenvalue weighted by atomic mass is 35.6. The summed E-state index contributed by atoms with van der Waals surface area (Å²) in [5, 5.41) is 7.04. The normalized spacial score (nSPS) is 12.1. The molecule has 0 aliphatic carbocycles. The number of aromatic nitrogens is 3. The molecule has 1 rings (SSSR count). The van der Waals surface area contributed by atoms with Crippen LogP contribution < -0.4 is 0 Å². The van der Waals surface area contributed by atoms with Crippen molar-refractivity contribution in [2.75, 3.05) is 0 Å². The zero-order chi connectivity index (χ0) is 10.8. The fourth-order valence-corrected chi connectivity index (χ4v) is 1.27. The zero-order valence-electron chi connectivity index (χ0n) is 7.47. The van der Waals surface area contributed by atoms with Gasteiger partial charge < -0.3 is 0 Å². The lowest BCUT2D eigenvalue weighted by atomic mass is 10.3. The smallest absolute Gasteiger partial charge is 0.219 e. The summed E-state index contributed by atoms with van der Waals surface area (Å²) >= 11 is 16.5. The molecule has 0 aliphatic heterocycles. The minimum Gasteiger partial charge on any atom is -0.219 e. The van der Waals surface area contributed by atoms with Gasteiger partial charge in [-0.15, -0.1) is 5.10 Å². The summed E-state index contributed by atoms with van der Waals surface area (Å²) in [6.45, 7) is 2.43. The molecule has 0 fully saturated rings. The average molecular weight is 261 g/mol. The second kappa shape index (κ2) is 4.64. The highest BCUT2D eigenvalue weighted by molar-refractivity contribution is 6.66. The number of halogens is 4. The molecule has 0 bridgehead atoms. The molecular weight excluding hydrogens is 251 g/mol. The molecule has 0 amide bonds. The predicted molar refractivity (Wildman–Crippen MR) is 54.1 cm³/mol. The molecule has 7 heteroatoms. The summed E-state index contributed by atoms with van der Waals surface area (Å²) in [7, 11) is 0. The van der Waals surface area contributed by atoms with E-state index in [0.29, 0.717) is 6.54 Å². The fourth-order valence-electron chi connectivity index (χ4n) is 0.926. The molecule has 0 saturated carbocycles. The monoisotopic (exact) mass is 259 g/mol. The van der Waals surface area contributed by atoms with E-state index < -0.39 is 9.74 Å². The summed E-state index contributed by atoms with van der Waals surface area (Å²) in [5.41, 5.74) is -0.251. The van der Waals surface area contributed by atoms with Crippen LogP contribution in [0, 0.1) is 5.95 Å². The largest absolute Gasteiger partial charge is 0.239 e. The Balaban J connectivity index is 2.86. The molecule has 80 valence electrons. The van der Waals surface area contributed by atoms with Gasteiger partial charge in [-0.25, -0.2) is 4.68 Å². The van der Waals surface area contributed by atoms with Gasteiger partial charge in [-0.2, -0.15) is 4.39 Å². The van der Waals surface area contributed by atoms with Gasteiger partial charge in [-0.05, 0) is 6.42 Å². The Hall–Kier alpha value is -0.0600. The van der Waals surface area contributed by atoms with E-state index in [2.05, 4.69) is 10.3 Å². The molecule has 0 spiro atoms. The summed E-state index contributed by atoms with van der Waals surface area (Å²) in [6, 6.07) is 0. The molecular formula is C7H9Cl3FN3. The third-order valence-electron chi connectivity index (χ3n) is 1.67. The number of rotatable bonds is 3. The van der Waals surface area contributed by atoms with E-state index in [0.717, 1.165) is 17.5 Å². The van der Waals surface area contributed by atoms with E-state index >= 15 is 0 Å². The van der Waals surface area contributed by atoms with E-state index in [4.69, 9.17) is 34.8 Å². The first-order valence-corrected chi connectivity index (χ1v) is 5.26. The number of hydrogen-bond donors (Lipinski definition) is 0. The SMILES string of the molecule is CCCCn1nnc(C(Cl)(Cl)Cl)c1F. The predicted octanol–water partition coefficient (Wildman–Crippen LogP) is 3.04. The van der Waals surface area contributed by atoms with Gasteiger partial charge in [0.1, 0.15) is 0 Å². The molecule has 0 unspecified atom stereocenters. The highest BCUT2D eigenvalue weighted by Gasteiger charge is 2.32. The average Bonchev–Trinajstić information content (AvgIpc) is 2.42. The molecule has 0 radical (unpaired) electrons. The Bertz CT molecular complexity index is 308. The van der Waals surface area contributed by atoms with Gasteiger partial charge in [-0.1, -0.05) is 53.4 Å². The molecule has 0 N–H and O–H groups in total. The first-order valence-electron chi connectivity index (χ1n) is 4.13. The summed E-state index contributed by atoms with van der Waals surface area (Å²) in [5.74, 6) is -0.682. The minimum absolute atomic E-state index is 0.251. The summed E-state index contributed by atoms with van der Waals surface area (Å²) in [4.78, 5) is 0. The van der Waals surface area contributed by atoms with Gasteiger partial charge in [0.15, 0.2) is 5.69 Å². The fraction of sp³-hybridized carbons (Fsp3) is 0.714. The second-order valence-electron chi connectivity index (χ2n) is 2.80. The van der Waals surface area contributed by atoms with E-state index in [1.54, 1.807) is 0 Å². The van der Waals surface area contributed by atoms with Crippen molar-refractivity contribution in [3.8, 4) is 0 Å². The first kappa shape index (κ1) is 12.0. The number of nitrogens with zero attached hydrogens (tertiary/aromatic N) is 3. The lowest BCUT2D eigenvalue weighted by molar-refractivity contribution is 0.436. The van der Waals surface area contributed by atoms with Crippen LogP contribution in [0.25, 0.3) is 0 Å². The Labute approximate surface area is 96.1 Å². The van der Waals surface area contributed by atoms with Crippen LogP contribution in [0.2, 0.25) is 0 Å². The molecule has 1 heterocycles. The van der Waals surface area contributed by atoms with Gasteiger partial charge in [-0.3, -0.25) is 0 Å². The third-order valence-corrected chi connectivity index (χ3v) is 2.20. The van der Waals surface area contributed by atoms with Crippen molar-refractivity contribution in [3.05, 3.63) is 11.6 Å². The second-order valence-corrected chi connectivity index (χ2v) is 5.08. The maximum Gasteiger partial charge on any atom is 0.239 e. The molecule has 1 aromatic heterocycles. The Kier molecular flexibility index (Phi) is 3.98. The van der Waals surface area contributed by atoms with Gasteiger partial charge in [0.05, 0.1) is 0 Å². The maximum absolute atomic E-state index is 13.4. The van der Waals surface area contributed by atoms with Crippen molar-refractivity contribution >= 4 is 34.8 Å². The highest BCUT2D eigenvalue weighted by Crippen LogP contribution is 2.37. The van der Waals surface area contributed by atoms with E-state index in [1.165, 1.54) is 0 Å². The summed E-state index contributed by atoms with van der Waals surface area (Å²) < 4.78 is 12.7. The van der Waals surface area contributed by atoms with E-state index in [-0.39, 0.29) is 5.69 Å². The maximum atomic E-state index is 13.4. The minimum atomic E-state index is -1.85. The van der Waals surface area contributed by atoms with Gasteiger partial charge >= 0.3 is 0 Å². The number of aryl methyl sites for hydroxylation is 1. The number of alkyl halides is 3. The van der Waals surface area contributed by atoms with Crippen LogP contribution in [0.1, 0.15) is 25.5 Å². The van der Waals surface area contributed by atoms with E-state index in [1.807, 2.05) is 6.92 Å². The molecule has 1 aromatic rings. The Morgan fingerprint density at radius 1 is 1.43 bits per heavy atom. The number of hydrogen-bond acceptors (Lipinski definition) is 2. The van der Waals surface area contributed by atoms with Crippen molar-refractivity contribution in [2.24, 2.45) is 0 Å². The van der Waals surface area contributed by atoms with Gasteiger partial charge in [0, 0.05) is 6.54 Å². The van der Waals surface area contributed by atoms with Crippen LogP contribution in [0.5, 0.6) is 0 Å². The van der Waals surface area contributed by atoms with Crippen molar-refractivity contribution < 1.29 is 4.39 Å². The molecule has 0 atom stereocenters. The molecule has 0 aliphatic rings. The topological polar surface area (TPSA) is 30.7 Å². The van der Waals surface area contributed by atoms with E-state index in [9.17, 15) is 4.39 Å². The molecule has 0 saturated heterocycles. The third kappa shape index (κ3) is 2.72. The van der Waals surface area contributed by atoms with Crippen molar-refractivity contribution in [1.29, 1.82) is 0 Å². The van der Waals surface area contributed by atoms with Gasteiger partial charge in [0.2, 0.25) is 9.74 Å². The van der Waals surface area contributed by atoms with Crippen molar-refractivity contribution in [2.45, 2.75) is 30.1 Å². The van der Waals surface area contributed by atoms with Crippen LogP contribution >= 0.6 is 34.8 Å². The summed E-state index contributed by atoms with van der Waals surface area (Å²) in [6.07, 6.45) is 1.74. The van der Waals surface area contributed by atoms with Crippen LogP contribution in [0.15, 0.2) is 0 Å². The van der Waals surface area contributed by atoms with Crippen LogP contribution in [-0.4, -0.2) is 15.0 Å². The lowest BCUT2D eigenvalue weighted by Gasteiger charge is -2.05. The van der Waals surface area contributed by atoms with Crippen LogP contribution in [-0.2, 0) is 10.3 Å². The molecule has 0 aromatic carbocycles. The number of unbranched alkanes of at least 4 members (excludes halogenated alkanes) is 1. The quantitative estimate of drug-likeness (QED) is 0.782. The Morgan fingerprint density at radius 2 is 2.07 bits per heavy atom. The van der Waals surface area contributed by atoms with Crippen molar-refractivity contribution in [3.63, 3.8) is 0 Å². The van der Waals surface area contributed by atoms with Crippen molar-refractivity contribution in [1.82, 2.24) is 15.0 Å². The zero-order valence-corrected chi connectivity index (χ0v) is 9.74. The molecule has 3 nitrogen and oxygen atoms in total. The lowest BCUT2D eigenvalue weighted by Crippen LogP contribution is -2.07. The molecule has 14 heavy (non-hydrogen) atoms. The van der Waals surface area contributed by atoms with Crippen LogP contribution in [0.4, 0.5) is 4.39 Å². The van der Waals surface area contributed by atoms with Gasteiger partial charge in [0.25, 0.3) is 0 Å². The van der Waals surface area contributed by atoms with Crippen LogP contribution in [0.3, 0.4) is 0 Å². The standard InChI is InChI=1S/C7H9Cl3FN3/c1-2-3-4-14-6(11)5(12-13-14)7(8,9)10/h2-4H2,1H3.